The molecule has 0 spiro atoms. The van der Waals surface area contributed by atoms with Crippen LogP contribution in [-0.2, 0) is 25.6 Å². The molecule has 7 N–H and O–H groups in total. The van der Waals surface area contributed by atoms with E-state index in [0.717, 1.165) is 0 Å². The summed E-state index contributed by atoms with van der Waals surface area (Å²) in [4.78, 5) is 45.2. The van der Waals surface area contributed by atoms with Crippen LogP contribution in [0.3, 0.4) is 0 Å². The van der Waals surface area contributed by atoms with Crippen LogP contribution in [0.4, 0.5) is 0 Å². The molecule has 26 heavy (non-hydrogen) atoms. The molecule has 0 radical (unpaired) electrons. The predicted octanol–water partition coefficient (Wildman–Crippen LogP) is -1.19. The van der Waals surface area contributed by atoms with Crippen molar-refractivity contribution in [3.05, 3.63) is 29.8 Å². The van der Waals surface area contributed by atoms with E-state index in [0.29, 0.717) is 5.56 Å². The lowest BCUT2D eigenvalue weighted by Gasteiger charge is -2.16. The van der Waals surface area contributed by atoms with Crippen LogP contribution < -0.4 is 16.4 Å². The molecule has 0 aliphatic rings. The summed E-state index contributed by atoms with van der Waals surface area (Å²) in [6.45, 7) is -0.487. The normalized spacial score (nSPS) is 12.7. The lowest BCUT2D eigenvalue weighted by molar-refractivity contribution is -0.141. The molecule has 2 atom stereocenters. The Morgan fingerprint density at radius 1 is 1.08 bits per heavy atom. The predicted molar refractivity (Wildman–Crippen MR) is 89.2 cm³/mol. The summed E-state index contributed by atoms with van der Waals surface area (Å²) in [6.07, 6.45) is -0.372. The molecule has 0 saturated carbocycles. The van der Waals surface area contributed by atoms with Gasteiger partial charge in [-0.25, -0.2) is 4.79 Å². The van der Waals surface area contributed by atoms with Gasteiger partial charge in [0.2, 0.25) is 11.8 Å². The SMILES string of the molecule is NC(CCC(=O)O)C(=O)NCC(=O)NC(Cc1ccc(O)cc1)C(=O)O. The van der Waals surface area contributed by atoms with E-state index in [1.165, 1.54) is 24.3 Å². The van der Waals surface area contributed by atoms with Gasteiger partial charge in [-0.1, -0.05) is 12.1 Å². The summed E-state index contributed by atoms with van der Waals surface area (Å²) in [6, 6.07) is 3.56. The number of hydrogen-bond acceptors (Lipinski definition) is 6. The van der Waals surface area contributed by atoms with Gasteiger partial charge in [-0.05, 0) is 24.1 Å². The molecule has 2 unspecified atom stereocenters. The topological polar surface area (TPSA) is 179 Å². The minimum atomic E-state index is -1.25. The number of phenols is 1. The van der Waals surface area contributed by atoms with Crippen LogP contribution >= 0.6 is 0 Å². The molecule has 2 amide bonds. The molecule has 0 aliphatic heterocycles. The highest BCUT2D eigenvalue weighted by Gasteiger charge is 2.21. The second-order valence-corrected chi connectivity index (χ2v) is 5.59. The maximum absolute atomic E-state index is 11.8. The number of carboxylic acid groups (broad SMARTS) is 2. The zero-order valence-corrected chi connectivity index (χ0v) is 13.8. The number of nitrogens with two attached hydrogens (primary N) is 1. The Morgan fingerprint density at radius 2 is 1.69 bits per heavy atom. The molecule has 10 heteroatoms. The fourth-order valence-electron chi connectivity index (χ4n) is 2.02. The number of nitrogens with one attached hydrogen (secondary N) is 2. The minimum Gasteiger partial charge on any atom is -0.508 e. The molecule has 0 fully saturated rings. The summed E-state index contributed by atoms with van der Waals surface area (Å²) < 4.78 is 0. The van der Waals surface area contributed by atoms with E-state index in [1.807, 2.05) is 0 Å². The first-order chi connectivity index (χ1) is 12.2. The second-order valence-electron chi connectivity index (χ2n) is 5.59. The van der Waals surface area contributed by atoms with E-state index in [1.54, 1.807) is 0 Å². The fourth-order valence-corrected chi connectivity index (χ4v) is 2.02. The fraction of sp³-hybridized carbons (Fsp3) is 0.375. The van der Waals surface area contributed by atoms with Crippen LogP contribution in [0.25, 0.3) is 0 Å². The molecule has 0 bridgehead atoms. The van der Waals surface area contributed by atoms with E-state index < -0.39 is 42.4 Å². The zero-order valence-electron chi connectivity index (χ0n) is 13.8. The van der Waals surface area contributed by atoms with Gasteiger partial charge < -0.3 is 31.7 Å². The molecular formula is C16H21N3O7. The number of phenolic OH excluding ortho intramolecular Hbond substituents is 1. The quantitative estimate of drug-likeness (QED) is 0.299. The van der Waals surface area contributed by atoms with Gasteiger partial charge in [0.15, 0.2) is 0 Å². The van der Waals surface area contributed by atoms with Gasteiger partial charge in [0, 0.05) is 12.8 Å². The third kappa shape index (κ3) is 7.62. The number of carbonyl (C=O) groups is 4. The Kier molecular flexibility index (Phi) is 8.03. The number of amides is 2. The first-order valence-corrected chi connectivity index (χ1v) is 7.74. The minimum absolute atomic E-state index is 0.00652. The van der Waals surface area contributed by atoms with Crippen molar-refractivity contribution >= 4 is 23.8 Å². The van der Waals surface area contributed by atoms with E-state index >= 15 is 0 Å². The number of carbonyl (C=O) groups excluding carboxylic acids is 2. The molecule has 10 nitrogen and oxygen atoms in total. The highest BCUT2D eigenvalue weighted by molar-refractivity contribution is 5.89. The third-order valence-electron chi connectivity index (χ3n) is 3.44. The zero-order chi connectivity index (χ0) is 19.7. The Morgan fingerprint density at radius 3 is 2.23 bits per heavy atom. The Balaban J connectivity index is 2.49. The number of carboxylic acids is 2. The first-order valence-electron chi connectivity index (χ1n) is 7.74. The number of hydrogen-bond donors (Lipinski definition) is 6. The maximum atomic E-state index is 11.8. The van der Waals surface area contributed by atoms with Crippen LogP contribution in [0.1, 0.15) is 18.4 Å². The highest BCUT2D eigenvalue weighted by Crippen LogP contribution is 2.11. The molecule has 1 aromatic rings. The van der Waals surface area contributed by atoms with Crippen LogP contribution in [0.2, 0.25) is 0 Å². The number of aromatic hydroxyl groups is 1. The van der Waals surface area contributed by atoms with Gasteiger partial charge in [-0.15, -0.1) is 0 Å². The van der Waals surface area contributed by atoms with Crippen LogP contribution in [0.15, 0.2) is 24.3 Å². The van der Waals surface area contributed by atoms with Gasteiger partial charge >= 0.3 is 11.9 Å². The van der Waals surface area contributed by atoms with E-state index in [2.05, 4.69) is 10.6 Å². The average molecular weight is 367 g/mol. The highest BCUT2D eigenvalue weighted by atomic mass is 16.4. The summed E-state index contributed by atoms with van der Waals surface area (Å²) in [5.41, 5.74) is 6.09. The molecule has 0 aromatic heterocycles. The second kappa shape index (κ2) is 9.99. The van der Waals surface area contributed by atoms with E-state index in [4.69, 9.17) is 10.8 Å². The molecule has 0 aliphatic carbocycles. The summed E-state index contributed by atoms with van der Waals surface area (Å²) in [5, 5.41) is 31.4. The molecule has 142 valence electrons. The Bertz CT molecular complexity index is 660. The largest absolute Gasteiger partial charge is 0.508 e. The number of rotatable bonds is 10. The average Bonchev–Trinajstić information content (AvgIpc) is 2.58. The van der Waals surface area contributed by atoms with Crippen molar-refractivity contribution in [2.45, 2.75) is 31.3 Å². The van der Waals surface area contributed by atoms with Crippen LogP contribution in [0, 0.1) is 0 Å². The summed E-state index contributed by atoms with van der Waals surface area (Å²) in [7, 11) is 0. The number of benzene rings is 1. The summed E-state index contributed by atoms with van der Waals surface area (Å²) >= 11 is 0. The van der Waals surface area contributed by atoms with E-state index in [9.17, 15) is 29.4 Å². The van der Waals surface area contributed by atoms with Crippen molar-refractivity contribution in [2.24, 2.45) is 5.73 Å². The van der Waals surface area contributed by atoms with Crippen molar-refractivity contribution in [1.82, 2.24) is 10.6 Å². The van der Waals surface area contributed by atoms with Gasteiger partial charge in [-0.3, -0.25) is 14.4 Å². The Labute approximate surface area is 149 Å². The van der Waals surface area contributed by atoms with Gasteiger partial charge in [0.05, 0.1) is 12.6 Å². The van der Waals surface area contributed by atoms with Gasteiger partial charge in [0.1, 0.15) is 11.8 Å². The first kappa shape index (κ1) is 20.9. The molecular weight excluding hydrogens is 346 g/mol. The third-order valence-corrected chi connectivity index (χ3v) is 3.44. The number of aliphatic carboxylic acids is 2. The van der Waals surface area contributed by atoms with Gasteiger partial charge in [-0.2, -0.15) is 0 Å². The monoisotopic (exact) mass is 367 g/mol. The van der Waals surface area contributed by atoms with E-state index in [-0.39, 0.29) is 25.0 Å². The lowest BCUT2D eigenvalue weighted by atomic mass is 10.1. The molecule has 1 aromatic carbocycles. The van der Waals surface area contributed by atoms with Crippen LogP contribution in [-0.4, -0.2) is 57.7 Å². The van der Waals surface area contributed by atoms with Crippen LogP contribution in [0.5, 0.6) is 5.75 Å². The summed E-state index contributed by atoms with van der Waals surface area (Å²) in [5.74, 6) is -3.74. The standard InChI is InChI=1S/C16H21N3O7/c17-11(5-6-14(22)23)15(24)18-8-13(21)19-12(16(25)26)7-9-1-3-10(20)4-2-9/h1-4,11-12,20H,5-8,17H2,(H,18,24)(H,19,21)(H,22,23)(H,25,26). The van der Waals surface area contributed by atoms with Crippen molar-refractivity contribution in [2.75, 3.05) is 6.54 Å². The molecule has 0 heterocycles. The van der Waals surface area contributed by atoms with Crippen molar-refractivity contribution in [1.29, 1.82) is 0 Å². The van der Waals surface area contributed by atoms with Crippen molar-refractivity contribution in [3.63, 3.8) is 0 Å². The lowest BCUT2D eigenvalue weighted by Crippen LogP contribution is -2.49. The Hall–Kier alpha value is -3.14. The van der Waals surface area contributed by atoms with Crippen molar-refractivity contribution in [3.8, 4) is 5.75 Å². The molecule has 1 rings (SSSR count). The smallest absolute Gasteiger partial charge is 0.326 e. The van der Waals surface area contributed by atoms with Crippen molar-refractivity contribution < 1.29 is 34.5 Å². The maximum Gasteiger partial charge on any atom is 0.326 e. The molecule has 0 saturated heterocycles. The van der Waals surface area contributed by atoms with Gasteiger partial charge in [0.25, 0.3) is 0 Å².